The van der Waals surface area contributed by atoms with Gasteiger partial charge in [-0.3, -0.25) is 0 Å². The van der Waals surface area contributed by atoms with Gasteiger partial charge in [0.05, 0.1) is 13.2 Å². The van der Waals surface area contributed by atoms with E-state index < -0.39 is 5.43 Å². The largest absolute Gasteiger partial charge is 0.451 e. The van der Waals surface area contributed by atoms with Crippen molar-refractivity contribution in [1.29, 1.82) is 0 Å². The van der Waals surface area contributed by atoms with Gasteiger partial charge in [0.25, 0.3) is 0 Å². The zero-order valence-corrected chi connectivity index (χ0v) is 7.65. The molecule has 0 saturated heterocycles. The molecule has 0 amide bonds. The lowest BCUT2D eigenvalue weighted by Crippen LogP contribution is -2.06. The Bertz CT molecular complexity index is 98.9. The van der Waals surface area contributed by atoms with Crippen LogP contribution in [0, 0.1) is 0 Å². The van der Waals surface area contributed by atoms with E-state index in [2.05, 4.69) is 20.7 Å². The first-order valence-corrected chi connectivity index (χ1v) is 4.23. The van der Waals surface area contributed by atoms with Crippen LogP contribution < -0.4 is 0 Å². The van der Waals surface area contributed by atoms with Gasteiger partial charge >= 0.3 is 5.43 Å². The Morgan fingerprint density at radius 2 is 2.10 bits per heavy atom. The number of carbonyl (C=O) groups is 1. The van der Waals surface area contributed by atoms with E-state index in [1.165, 1.54) is 0 Å². The zero-order chi connectivity index (χ0) is 7.82. The van der Waals surface area contributed by atoms with E-state index >= 15 is 0 Å². The van der Waals surface area contributed by atoms with Crippen LogP contribution in [0.3, 0.4) is 0 Å². The minimum Gasteiger partial charge on any atom is -0.451 e. The molecule has 0 atom stereocenters. The number of carbonyl (C=O) groups excluding carboxylic acids is 1. The van der Waals surface area contributed by atoms with Gasteiger partial charge < -0.3 is 9.47 Å². The Kier molecular flexibility index (Phi) is 7.45. The maximum Gasteiger partial charge on any atom is 0.403 e. The van der Waals surface area contributed by atoms with Crippen LogP contribution in [0.15, 0.2) is 0 Å². The average Bonchev–Trinajstić information content (AvgIpc) is 1.87. The number of hydrogen-bond acceptors (Lipinski definition) is 3. The van der Waals surface area contributed by atoms with E-state index in [0.29, 0.717) is 13.2 Å². The van der Waals surface area contributed by atoms with Crippen LogP contribution in [-0.2, 0) is 9.47 Å². The summed E-state index contributed by atoms with van der Waals surface area (Å²) in [5.74, 6) is 0. The molecule has 0 aliphatic rings. The van der Waals surface area contributed by atoms with Crippen molar-refractivity contribution in [2.24, 2.45) is 0 Å². The minimum atomic E-state index is -0.789. The molecule has 0 aromatic carbocycles. The van der Waals surface area contributed by atoms with Gasteiger partial charge in [-0.05, 0) is 0 Å². The minimum absolute atomic E-state index is 0.218. The highest BCUT2D eigenvalue weighted by molar-refractivity contribution is 9.09. The van der Waals surface area contributed by atoms with E-state index in [-0.39, 0.29) is 6.61 Å². The Balaban J connectivity index is 2.84. The molecule has 0 rings (SSSR count). The van der Waals surface area contributed by atoms with Crippen LogP contribution in [0.25, 0.3) is 0 Å². The first-order chi connectivity index (χ1) is 4.77. The van der Waals surface area contributed by atoms with Crippen LogP contribution >= 0.6 is 27.5 Å². The van der Waals surface area contributed by atoms with E-state index in [4.69, 9.17) is 16.3 Å². The van der Waals surface area contributed by atoms with Gasteiger partial charge in [0, 0.05) is 16.9 Å². The molecule has 0 aromatic heterocycles. The van der Waals surface area contributed by atoms with Crippen molar-refractivity contribution in [3.05, 3.63) is 0 Å². The quantitative estimate of drug-likeness (QED) is 0.411. The summed E-state index contributed by atoms with van der Waals surface area (Å²) in [7, 11) is 0. The van der Waals surface area contributed by atoms with Crippen molar-refractivity contribution >= 4 is 33.0 Å². The lowest BCUT2D eigenvalue weighted by atomic mass is 10.7. The summed E-state index contributed by atoms with van der Waals surface area (Å²) in [4.78, 5) is 9.95. The lowest BCUT2D eigenvalue weighted by Gasteiger charge is -2.00. The van der Waals surface area contributed by atoms with Crippen molar-refractivity contribution in [1.82, 2.24) is 0 Å². The maximum atomic E-state index is 9.95. The highest BCUT2D eigenvalue weighted by Gasteiger charge is 1.93. The van der Waals surface area contributed by atoms with Gasteiger partial charge in [0.15, 0.2) is 0 Å². The van der Waals surface area contributed by atoms with Gasteiger partial charge in [0.1, 0.15) is 6.61 Å². The predicted molar refractivity (Wildman–Crippen MR) is 41.8 cm³/mol. The fourth-order valence-electron chi connectivity index (χ4n) is 0.337. The molecule has 5 heteroatoms. The Morgan fingerprint density at radius 3 is 2.60 bits per heavy atom. The highest BCUT2D eigenvalue weighted by Crippen LogP contribution is 1.87. The molecule has 60 valence electrons. The van der Waals surface area contributed by atoms with Crippen molar-refractivity contribution in [3.8, 4) is 0 Å². The van der Waals surface area contributed by atoms with Gasteiger partial charge in [-0.2, -0.15) is 0 Å². The summed E-state index contributed by atoms with van der Waals surface area (Å²) in [5.41, 5.74) is -0.789. The van der Waals surface area contributed by atoms with Crippen LogP contribution in [0.2, 0.25) is 0 Å². The molecule has 0 fully saturated rings. The summed E-state index contributed by atoms with van der Waals surface area (Å²) in [5, 5.41) is 0.780. The Morgan fingerprint density at radius 1 is 1.40 bits per heavy atom. The normalized spacial score (nSPS) is 9.40. The third-order valence-electron chi connectivity index (χ3n) is 0.665. The number of ether oxygens (including phenoxy) is 2. The second-order valence-electron chi connectivity index (χ2n) is 1.39. The molecule has 0 bridgehead atoms. The van der Waals surface area contributed by atoms with Crippen LogP contribution in [-0.4, -0.2) is 30.6 Å². The van der Waals surface area contributed by atoms with E-state index in [1.54, 1.807) is 0 Å². The van der Waals surface area contributed by atoms with Crippen molar-refractivity contribution in [2.75, 3.05) is 25.2 Å². The summed E-state index contributed by atoms with van der Waals surface area (Å²) < 4.78 is 9.33. The summed E-state index contributed by atoms with van der Waals surface area (Å²) in [6.45, 7) is 1.22. The smallest absolute Gasteiger partial charge is 0.403 e. The van der Waals surface area contributed by atoms with Crippen LogP contribution in [0.4, 0.5) is 4.79 Å². The molecule has 0 aromatic rings. The van der Waals surface area contributed by atoms with Crippen LogP contribution in [0.5, 0.6) is 0 Å². The van der Waals surface area contributed by atoms with Gasteiger partial charge in [-0.25, -0.2) is 4.79 Å². The number of hydrogen-bond donors (Lipinski definition) is 0. The van der Waals surface area contributed by atoms with Crippen LogP contribution in [0.1, 0.15) is 0 Å². The van der Waals surface area contributed by atoms with Crippen molar-refractivity contribution < 1.29 is 14.3 Å². The van der Waals surface area contributed by atoms with Gasteiger partial charge in [0.2, 0.25) is 0 Å². The third-order valence-corrected chi connectivity index (χ3v) is 1.10. The first kappa shape index (κ1) is 10.2. The number of rotatable bonds is 5. The third kappa shape index (κ3) is 8.20. The summed E-state index contributed by atoms with van der Waals surface area (Å²) >= 11 is 8.04. The van der Waals surface area contributed by atoms with Crippen molar-refractivity contribution in [2.45, 2.75) is 0 Å². The number of alkyl halides is 1. The lowest BCUT2D eigenvalue weighted by molar-refractivity contribution is 0.0911. The molecule has 0 saturated carbocycles. The molecule has 0 aliphatic carbocycles. The maximum absolute atomic E-state index is 9.95. The Hall–Kier alpha value is 0.200. The molecule has 0 aliphatic heterocycles. The topological polar surface area (TPSA) is 35.5 Å². The summed E-state index contributed by atoms with van der Waals surface area (Å²) in [6, 6.07) is 0. The first-order valence-electron chi connectivity index (χ1n) is 2.73. The fraction of sp³-hybridized carbons (Fsp3) is 0.800. The number of halogens is 2. The molecule has 10 heavy (non-hydrogen) atoms. The molecule has 0 unspecified atom stereocenters. The molecule has 0 spiro atoms. The van der Waals surface area contributed by atoms with E-state index in [9.17, 15) is 4.79 Å². The highest BCUT2D eigenvalue weighted by atomic mass is 79.9. The van der Waals surface area contributed by atoms with E-state index in [1.807, 2.05) is 0 Å². The molecular weight excluding hydrogens is 223 g/mol. The Labute approximate surface area is 72.8 Å². The van der Waals surface area contributed by atoms with Crippen molar-refractivity contribution in [3.63, 3.8) is 0 Å². The predicted octanol–water partition coefficient (Wildman–Crippen LogP) is 1.77. The molecule has 0 heterocycles. The summed E-state index contributed by atoms with van der Waals surface area (Å²) in [6.07, 6.45) is 0. The molecule has 3 nitrogen and oxygen atoms in total. The van der Waals surface area contributed by atoms with E-state index in [0.717, 1.165) is 5.33 Å². The SMILES string of the molecule is O=C(Cl)OCCOCCBr. The second-order valence-corrected chi connectivity index (χ2v) is 2.49. The standard InChI is InChI=1S/C5H8BrClO3/c6-1-2-9-3-4-10-5(7)8/h1-4H2. The molecule has 0 N–H and O–H groups in total. The monoisotopic (exact) mass is 230 g/mol. The molecular formula is C5H8BrClO3. The zero-order valence-electron chi connectivity index (χ0n) is 5.31. The van der Waals surface area contributed by atoms with Gasteiger partial charge in [-0.15, -0.1) is 0 Å². The fourth-order valence-corrected chi connectivity index (χ4v) is 0.644. The van der Waals surface area contributed by atoms with Gasteiger partial charge in [-0.1, -0.05) is 15.9 Å². The second kappa shape index (κ2) is 7.31. The average molecular weight is 231 g/mol. The molecule has 0 radical (unpaired) electrons.